The molecule has 2 rings (SSSR count). The molecule has 1 atom stereocenters. The lowest BCUT2D eigenvalue weighted by Gasteiger charge is -2.18. The highest BCUT2D eigenvalue weighted by molar-refractivity contribution is 8.93. The Kier molecular flexibility index (Phi) is 4.73. The van der Waals surface area contributed by atoms with E-state index in [4.69, 9.17) is 10.5 Å². The first-order valence-electron chi connectivity index (χ1n) is 5.14. The summed E-state index contributed by atoms with van der Waals surface area (Å²) in [5.74, 6) is -0.356. The van der Waals surface area contributed by atoms with E-state index in [-0.39, 0.29) is 28.9 Å². The third kappa shape index (κ3) is 2.55. The van der Waals surface area contributed by atoms with Gasteiger partial charge in [-0.2, -0.15) is 0 Å². The lowest BCUT2D eigenvalue weighted by molar-refractivity contribution is -0.145. The highest BCUT2D eigenvalue weighted by atomic mass is 79.9. The summed E-state index contributed by atoms with van der Waals surface area (Å²) in [4.78, 5) is 17.1. The Morgan fingerprint density at radius 1 is 1.69 bits per heavy atom. The molecule has 6 heteroatoms. The van der Waals surface area contributed by atoms with Gasteiger partial charge in [0.15, 0.2) is 5.13 Å². The summed E-state index contributed by atoms with van der Waals surface area (Å²) in [6, 6.07) is 0. The number of nitrogen functional groups attached to an aromatic ring is 1. The Hall–Kier alpha value is -0.620. The van der Waals surface area contributed by atoms with E-state index in [1.807, 2.05) is 6.92 Å². The zero-order valence-electron chi connectivity index (χ0n) is 9.06. The Balaban J connectivity index is 0.00000128. The average molecular weight is 307 g/mol. The Bertz CT molecular complexity index is 381. The number of anilines is 1. The molecule has 0 aliphatic heterocycles. The second kappa shape index (κ2) is 5.63. The van der Waals surface area contributed by atoms with Gasteiger partial charge in [0.1, 0.15) is 5.92 Å². The number of halogens is 1. The van der Waals surface area contributed by atoms with Crippen molar-refractivity contribution in [3.05, 3.63) is 10.6 Å². The van der Waals surface area contributed by atoms with Crippen molar-refractivity contribution in [2.45, 2.75) is 32.1 Å². The van der Waals surface area contributed by atoms with Crippen LogP contribution in [-0.4, -0.2) is 17.6 Å². The van der Waals surface area contributed by atoms with Crippen molar-refractivity contribution in [1.82, 2.24) is 4.98 Å². The van der Waals surface area contributed by atoms with Gasteiger partial charge in [-0.15, -0.1) is 28.3 Å². The van der Waals surface area contributed by atoms with Crippen LogP contribution in [0, 0.1) is 0 Å². The van der Waals surface area contributed by atoms with E-state index in [1.165, 1.54) is 11.3 Å². The first kappa shape index (κ1) is 13.4. The number of aromatic nitrogens is 1. The van der Waals surface area contributed by atoms with Crippen molar-refractivity contribution in [3.8, 4) is 0 Å². The van der Waals surface area contributed by atoms with Crippen molar-refractivity contribution in [2.75, 3.05) is 12.3 Å². The van der Waals surface area contributed by atoms with Crippen LogP contribution in [0.15, 0.2) is 0 Å². The van der Waals surface area contributed by atoms with Gasteiger partial charge < -0.3 is 10.5 Å². The third-order valence-corrected chi connectivity index (χ3v) is 3.50. The second-order valence-corrected chi connectivity index (χ2v) is 4.67. The number of hydrogen-bond acceptors (Lipinski definition) is 5. The van der Waals surface area contributed by atoms with Gasteiger partial charge in [0.25, 0.3) is 0 Å². The van der Waals surface area contributed by atoms with Gasteiger partial charge in [-0.25, -0.2) is 4.98 Å². The smallest absolute Gasteiger partial charge is 0.315 e. The number of carbonyl (C=O) groups excluding carboxylic acids is 1. The van der Waals surface area contributed by atoms with Crippen LogP contribution in [0.25, 0.3) is 0 Å². The number of nitrogens with two attached hydrogens (primary N) is 1. The summed E-state index contributed by atoms with van der Waals surface area (Å²) in [5, 5.41) is 0.552. The number of fused-ring (bicyclic) bond motifs is 1. The maximum Gasteiger partial charge on any atom is 0.315 e. The lowest BCUT2D eigenvalue weighted by atomic mass is 9.91. The minimum atomic E-state index is -0.192. The second-order valence-electron chi connectivity index (χ2n) is 3.56. The maximum atomic E-state index is 11.7. The Morgan fingerprint density at radius 2 is 2.44 bits per heavy atom. The molecule has 0 radical (unpaired) electrons. The molecule has 0 saturated carbocycles. The zero-order chi connectivity index (χ0) is 10.8. The van der Waals surface area contributed by atoms with E-state index >= 15 is 0 Å². The number of hydrogen-bond donors (Lipinski definition) is 1. The van der Waals surface area contributed by atoms with Crippen LogP contribution in [0.1, 0.15) is 36.3 Å². The Morgan fingerprint density at radius 3 is 3.12 bits per heavy atom. The van der Waals surface area contributed by atoms with Crippen LogP contribution < -0.4 is 5.73 Å². The first-order chi connectivity index (χ1) is 7.22. The molecule has 16 heavy (non-hydrogen) atoms. The molecule has 1 aromatic rings. The summed E-state index contributed by atoms with van der Waals surface area (Å²) >= 11 is 1.49. The van der Waals surface area contributed by atoms with Gasteiger partial charge in [-0.1, -0.05) is 0 Å². The number of rotatable bonds is 2. The fraction of sp³-hybridized carbons (Fsp3) is 0.600. The normalized spacial score (nSPS) is 18.4. The minimum absolute atomic E-state index is 0. The molecule has 1 aliphatic rings. The predicted molar refractivity (Wildman–Crippen MR) is 69.2 cm³/mol. The molecule has 0 amide bonds. The van der Waals surface area contributed by atoms with Gasteiger partial charge in [-0.05, 0) is 26.2 Å². The van der Waals surface area contributed by atoms with E-state index in [2.05, 4.69) is 4.98 Å². The molecule has 0 spiro atoms. The van der Waals surface area contributed by atoms with Gasteiger partial charge in [0.05, 0.1) is 12.3 Å². The quantitative estimate of drug-likeness (QED) is 0.851. The fourth-order valence-electron chi connectivity index (χ4n) is 1.91. The highest BCUT2D eigenvalue weighted by Gasteiger charge is 2.30. The average Bonchev–Trinajstić information content (AvgIpc) is 2.57. The summed E-state index contributed by atoms with van der Waals surface area (Å²) in [5.41, 5.74) is 6.50. The summed E-state index contributed by atoms with van der Waals surface area (Å²) in [6.45, 7) is 2.24. The number of ether oxygens (including phenoxy) is 1. The molecular weight excluding hydrogens is 292 g/mol. The van der Waals surface area contributed by atoms with Gasteiger partial charge in [-0.3, -0.25) is 4.79 Å². The molecule has 1 heterocycles. The van der Waals surface area contributed by atoms with Crippen molar-refractivity contribution in [2.24, 2.45) is 0 Å². The topological polar surface area (TPSA) is 65.2 Å². The van der Waals surface area contributed by atoms with Crippen molar-refractivity contribution in [3.63, 3.8) is 0 Å². The summed E-state index contributed by atoms with van der Waals surface area (Å²) in [7, 11) is 0. The maximum absolute atomic E-state index is 11.7. The van der Waals surface area contributed by atoms with Crippen molar-refractivity contribution < 1.29 is 9.53 Å². The van der Waals surface area contributed by atoms with E-state index in [1.54, 1.807) is 0 Å². The van der Waals surface area contributed by atoms with E-state index < -0.39 is 0 Å². The molecule has 0 aromatic carbocycles. The van der Waals surface area contributed by atoms with Crippen LogP contribution in [0.2, 0.25) is 0 Å². The Labute approximate surface area is 109 Å². The number of esters is 1. The number of nitrogens with zero attached hydrogens (tertiary/aromatic N) is 1. The van der Waals surface area contributed by atoms with Crippen LogP contribution in [0.3, 0.4) is 0 Å². The molecule has 0 saturated heterocycles. The first-order valence-corrected chi connectivity index (χ1v) is 5.95. The molecular formula is C10H15BrN2O2S. The number of thiazole rings is 1. The third-order valence-electron chi connectivity index (χ3n) is 2.54. The van der Waals surface area contributed by atoms with Gasteiger partial charge in [0, 0.05) is 4.88 Å². The molecule has 90 valence electrons. The van der Waals surface area contributed by atoms with E-state index in [0.717, 1.165) is 29.8 Å². The minimum Gasteiger partial charge on any atom is -0.465 e. The van der Waals surface area contributed by atoms with Crippen molar-refractivity contribution in [1.29, 1.82) is 0 Å². The summed E-state index contributed by atoms with van der Waals surface area (Å²) in [6.07, 6.45) is 2.83. The van der Waals surface area contributed by atoms with Crippen LogP contribution in [-0.2, 0) is 16.0 Å². The molecule has 1 unspecified atom stereocenters. The predicted octanol–water partition coefficient (Wildman–Crippen LogP) is 2.29. The van der Waals surface area contributed by atoms with Crippen LogP contribution in [0.4, 0.5) is 5.13 Å². The lowest BCUT2D eigenvalue weighted by Crippen LogP contribution is -2.20. The van der Waals surface area contributed by atoms with E-state index in [0.29, 0.717) is 11.7 Å². The molecule has 2 N–H and O–H groups in total. The molecule has 0 bridgehead atoms. The molecule has 1 aliphatic carbocycles. The van der Waals surface area contributed by atoms with Gasteiger partial charge >= 0.3 is 5.97 Å². The van der Waals surface area contributed by atoms with Crippen molar-refractivity contribution >= 4 is 39.4 Å². The largest absolute Gasteiger partial charge is 0.465 e. The SMILES string of the molecule is Br.CCOC(=O)C1CCCc2sc(N)nc21. The summed E-state index contributed by atoms with van der Waals surface area (Å²) < 4.78 is 5.03. The molecule has 0 fully saturated rings. The van der Waals surface area contributed by atoms with Crippen LogP contribution in [0.5, 0.6) is 0 Å². The standard InChI is InChI=1S/C10H14N2O2S.BrH/c1-2-14-9(13)6-4-3-5-7-8(6)12-10(11)15-7;/h6H,2-5H2,1H3,(H2,11,12);1H. The zero-order valence-corrected chi connectivity index (χ0v) is 11.6. The van der Waals surface area contributed by atoms with E-state index in [9.17, 15) is 4.79 Å². The number of carbonyl (C=O) groups is 1. The van der Waals surface area contributed by atoms with Crippen LogP contribution >= 0.6 is 28.3 Å². The fourth-order valence-corrected chi connectivity index (χ4v) is 2.84. The highest BCUT2D eigenvalue weighted by Crippen LogP contribution is 2.36. The monoisotopic (exact) mass is 306 g/mol. The molecule has 4 nitrogen and oxygen atoms in total. The van der Waals surface area contributed by atoms with Gasteiger partial charge in [0.2, 0.25) is 0 Å². The molecule has 1 aromatic heterocycles. The number of aryl methyl sites for hydroxylation is 1.